The number of hydrogen-bond acceptors (Lipinski definition) is 3. The fourth-order valence-corrected chi connectivity index (χ4v) is 4.20. The minimum atomic E-state index is -3.37. The molecule has 1 fully saturated rings. The van der Waals surface area contributed by atoms with Gasteiger partial charge in [0.05, 0.1) is 0 Å². The highest BCUT2D eigenvalue weighted by Crippen LogP contribution is 2.22. The van der Waals surface area contributed by atoms with Crippen molar-refractivity contribution < 1.29 is 8.42 Å². The molecule has 18 heavy (non-hydrogen) atoms. The highest BCUT2D eigenvalue weighted by molar-refractivity contribution is 7.87. The van der Waals surface area contributed by atoms with E-state index in [1.54, 1.807) is 4.31 Å². The van der Waals surface area contributed by atoms with Crippen molar-refractivity contribution in [2.24, 2.45) is 0 Å². The van der Waals surface area contributed by atoms with Crippen LogP contribution in [-0.4, -0.2) is 44.4 Å². The number of nitrogens with one attached hydrogen (secondary N) is 2. The van der Waals surface area contributed by atoms with Crippen LogP contribution in [0.1, 0.15) is 46.5 Å². The van der Waals surface area contributed by atoms with Crippen molar-refractivity contribution in [3.05, 3.63) is 0 Å². The first kappa shape index (κ1) is 15.9. The van der Waals surface area contributed by atoms with Crippen molar-refractivity contribution >= 4 is 10.2 Å². The van der Waals surface area contributed by atoms with E-state index in [9.17, 15) is 8.42 Å². The Kier molecular flexibility index (Phi) is 5.58. The smallest absolute Gasteiger partial charge is 0.280 e. The number of hydrogen-bond donors (Lipinski definition) is 2. The maximum Gasteiger partial charge on any atom is 0.280 e. The van der Waals surface area contributed by atoms with Gasteiger partial charge in [0.1, 0.15) is 0 Å². The molecule has 2 N–H and O–H groups in total. The van der Waals surface area contributed by atoms with E-state index in [-0.39, 0.29) is 6.04 Å². The molecule has 0 aliphatic carbocycles. The lowest BCUT2D eigenvalue weighted by Crippen LogP contribution is -2.54. The molecule has 5 nitrogen and oxygen atoms in total. The molecule has 0 aromatic rings. The van der Waals surface area contributed by atoms with Crippen LogP contribution in [0.5, 0.6) is 0 Å². The van der Waals surface area contributed by atoms with E-state index in [0.717, 1.165) is 32.2 Å². The van der Waals surface area contributed by atoms with Gasteiger partial charge in [0.25, 0.3) is 10.2 Å². The Morgan fingerprint density at radius 2 is 1.94 bits per heavy atom. The Hall–Kier alpha value is -0.170. The normalized spacial score (nSPS) is 23.2. The second kappa shape index (κ2) is 6.32. The Morgan fingerprint density at radius 1 is 1.28 bits per heavy atom. The Labute approximate surface area is 112 Å². The van der Waals surface area contributed by atoms with Crippen LogP contribution in [0.25, 0.3) is 0 Å². The molecule has 0 aromatic heterocycles. The number of nitrogens with zero attached hydrogens (tertiary/aromatic N) is 1. The summed E-state index contributed by atoms with van der Waals surface area (Å²) in [6.07, 6.45) is 3.92. The van der Waals surface area contributed by atoms with Crippen LogP contribution in [0, 0.1) is 0 Å². The molecule has 1 heterocycles. The van der Waals surface area contributed by atoms with Crippen LogP contribution in [0.4, 0.5) is 0 Å². The quantitative estimate of drug-likeness (QED) is 0.790. The molecule has 1 rings (SSSR count). The topological polar surface area (TPSA) is 61.4 Å². The molecule has 1 saturated heterocycles. The van der Waals surface area contributed by atoms with E-state index in [4.69, 9.17) is 0 Å². The summed E-state index contributed by atoms with van der Waals surface area (Å²) in [5, 5.41) is 3.09. The van der Waals surface area contributed by atoms with Crippen molar-refractivity contribution in [2.75, 3.05) is 20.1 Å². The summed E-state index contributed by atoms with van der Waals surface area (Å²) in [4.78, 5) is 0. The predicted octanol–water partition coefficient (Wildman–Crippen LogP) is 1.08. The molecule has 1 unspecified atom stereocenters. The van der Waals surface area contributed by atoms with Gasteiger partial charge in [-0.1, -0.05) is 6.42 Å². The average Bonchev–Trinajstić information content (AvgIpc) is 2.23. The zero-order valence-corrected chi connectivity index (χ0v) is 12.8. The molecule has 0 spiro atoms. The van der Waals surface area contributed by atoms with Crippen molar-refractivity contribution in [2.45, 2.75) is 58.0 Å². The minimum absolute atomic E-state index is 0.131. The molecular weight excluding hydrogens is 250 g/mol. The monoisotopic (exact) mass is 277 g/mol. The molecule has 1 aliphatic heterocycles. The van der Waals surface area contributed by atoms with Crippen molar-refractivity contribution in [3.63, 3.8) is 0 Å². The Morgan fingerprint density at radius 3 is 2.50 bits per heavy atom. The fraction of sp³-hybridized carbons (Fsp3) is 1.00. The SMILES string of the molecule is CNCCC1CCCCN1S(=O)(=O)NC(C)(C)C. The van der Waals surface area contributed by atoms with Gasteiger partial charge in [-0.05, 0) is 53.6 Å². The molecule has 0 amide bonds. The van der Waals surface area contributed by atoms with Crippen LogP contribution in [-0.2, 0) is 10.2 Å². The Balaban J connectivity index is 2.76. The summed E-state index contributed by atoms with van der Waals surface area (Å²) < 4.78 is 29.1. The van der Waals surface area contributed by atoms with Gasteiger partial charge in [-0.2, -0.15) is 17.4 Å². The van der Waals surface area contributed by atoms with Crippen molar-refractivity contribution in [1.29, 1.82) is 0 Å². The van der Waals surface area contributed by atoms with E-state index >= 15 is 0 Å². The molecule has 0 aromatic carbocycles. The van der Waals surface area contributed by atoms with Crippen LogP contribution >= 0.6 is 0 Å². The van der Waals surface area contributed by atoms with E-state index in [0.29, 0.717) is 6.54 Å². The van der Waals surface area contributed by atoms with Crippen LogP contribution in [0.15, 0.2) is 0 Å². The largest absolute Gasteiger partial charge is 0.320 e. The van der Waals surface area contributed by atoms with Gasteiger partial charge < -0.3 is 5.32 Å². The van der Waals surface area contributed by atoms with E-state index in [2.05, 4.69) is 10.0 Å². The van der Waals surface area contributed by atoms with Crippen molar-refractivity contribution in [3.8, 4) is 0 Å². The second-order valence-corrected chi connectivity index (χ2v) is 7.63. The summed E-state index contributed by atoms with van der Waals surface area (Å²) in [6, 6.07) is 0.131. The molecule has 0 saturated carbocycles. The van der Waals surface area contributed by atoms with Gasteiger partial charge in [-0.15, -0.1) is 0 Å². The standard InChI is InChI=1S/C12H27N3O2S/c1-12(2,3)14-18(16,17)15-10-6-5-7-11(15)8-9-13-4/h11,13-14H,5-10H2,1-4H3. The number of piperidine rings is 1. The van der Waals surface area contributed by atoms with E-state index in [1.165, 1.54) is 0 Å². The van der Waals surface area contributed by atoms with Gasteiger partial charge in [0.15, 0.2) is 0 Å². The zero-order valence-electron chi connectivity index (χ0n) is 12.0. The summed E-state index contributed by atoms with van der Waals surface area (Å²) in [5.41, 5.74) is -0.427. The lowest BCUT2D eigenvalue weighted by molar-refractivity contribution is 0.234. The molecule has 0 radical (unpaired) electrons. The zero-order chi connectivity index (χ0) is 13.8. The molecule has 6 heteroatoms. The maximum absolute atomic E-state index is 12.4. The first-order chi connectivity index (χ1) is 8.26. The summed E-state index contributed by atoms with van der Waals surface area (Å²) in [7, 11) is -1.47. The third kappa shape index (κ3) is 4.84. The van der Waals surface area contributed by atoms with Gasteiger partial charge in [0, 0.05) is 18.1 Å². The molecule has 108 valence electrons. The van der Waals surface area contributed by atoms with Gasteiger partial charge in [-0.25, -0.2) is 0 Å². The fourth-order valence-electron chi connectivity index (χ4n) is 2.34. The van der Waals surface area contributed by atoms with Crippen LogP contribution < -0.4 is 10.0 Å². The third-order valence-electron chi connectivity index (χ3n) is 3.04. The molecule has 1 atom stereocenters. The molecular formula is C12H27N3O2S. The summed E-state index contributed by atoms with van der Waals surface area (Å²) >= 11 is 0. The number of rotatable bonds is 5. The van der Waals surface area contributed by atoms with E-state index < -0.39 is 15.7 Å². The maximum atomic E-state index is 12.4. The van der Waals surface area contributed by atoms with Gasteiger partial charge in [-0.3, -0.25) is 0 Å². The van der Waals surface area contributed by atoms with Gasteiger partial charge in [0.2, 0.25) is 0 Å². The second-order valence-electron chi connectivity index (χ2n) is 6.01. The van der Waals surface area contributed by atoms with E-state index in [1.807, 2.05) is 27.8 Å². The summed E-state index contributed by atoms with van der Waals surface area (Å²) in [6.45, 7) is 7.11. The lowest BCUT2D eigenvalue weighted by atomic mass is 10.0. The summed E-state index contributed by atoms with van der Waals surface area (Å²) in [5.74, 6) is 0. The molecule has 0 bridgehead atoms. The Bertz CT molecular complexity index is 349. The lowest BCUT2D eigenvalue weighted by Gasteiger charge is -2.36. The average molecular weight is 277 g/mol. The minimum Gasteiger partial charge on any atom is -0.320 e. The predicted molar refractivity (Wildman–Crippen MR) is 74.7 cm³/mol. The highest BCUT2D eigenvalue weighted by atomic mass is 32.2. The first-order valence-electron chi connectivity index (χ1n) is 6.71. The van der Waals surface area contributed by atoms with Gasteiger partial charge >= 0.3 is 0 Å². The van der Waals surface area contributed by atoms with Crippen LogP contribution in [0.2, 0.25) is 0 Å². The first-order valence-corrected chi connectivity index (χ1v) is 8.15. The highest BCUT2D eigenvalue weighted by Gasteiger charge is 2.33. The third-order valence-corrected chi connectivity index (χ3v) is 5.01. The van der Waals surface area contributed by atoms with Crippen LogP contribution in [0.3, 0.4) is 0 Å². The molecule has 1 aliphatic rings. The van der Waals surface area contributed by atoms with Crippen molar-refractivity contribution in [1.82, 2.24) is 14.3 Å².